The standard InChI is InChI=1S/C30H30N2O/c1-5-7-13-24(6-2)29(31-4)30(25-14-9-8-10-15-25)32(27-20-18-23(3)19-21-27)22-26-16-11-12-17-28(26)33/h5-21,33H,2,4,22H2,1,3H3/b7-5-,24-13+,30-29-. The fourth-order valence-corrected chi connectivity index (χ4v) is 3.60. The lowest BCUT2D eigenvalue weighted by molar-refractivity contribution is 0.468. The van der Waals surface area contributed by atoms with Crippen LogP contribution in [0.2, 0.25) is 0 Å². The topological polar surface area (TPSA) is 35.8 Å². The molecule has 0 spiro atoms. The van der Waals surface area contributed by atoms with E-state index in [1.165, 1.54) is 5.56 Å². The normalized spacial score (nSPS) is 12.4. The van der Waals surface area contributed by atoms with Crippen molar-refractivity contribution in [2.24, 2.45) is 4.99 Å². The molecule has 0 fully saturated rings. The largest absolute Gasteiger partial charge is 0.508 e. The van der Waals surface area contributed by atoms with Gasteiger partial charge in [0, 0.05) is 22.4 Å². The molecule has 0 saturated carbocycles. The van der Waals surface area contributed by atoms with E-state index in [9.17, 15) is 5.11 Å². The third kappa shape index (κ3) is 5.78. The van der Waals surface area contributed by atoms with Crippen LogP contribution >= 0.6 is 0 Å². The van der Waals surface area contributed by atoms with Crippen molar-refractivity contribution in [2.75, 3.05) is 4.90 Å². The molecular weight excluding hydrogens is 404 g/mol. The van der Waals surface area contributed by atoms with E-state index in [0.29, 0.717) is 12.2 Å². The fourth-order valence-electron chi connectivity index (χ4n) is 3.60. The summed E-state index contributed by atoms with van der Waals surface area (Å²) in [4.78, 5) is 6.64. The maximum atomic E-state index is 10.6. The summed E-state index contributed by atoms with van der Waals surface area (Å²) in [5, 5.41) is 10.6. The summed E-state index contributed by atoms with van der Waals surface area (Å²) in [5.41, 5.74) is 6.42. The Labute approximate surface area is 197 Å². The highest BCUT2D eigenvalue weighted by molar-refractivity contribution is 5.85. The summed E-state index contributed by atoms with van der Waals surface area (Å²) in [6, 6.07) is 25.9. The number of para-hydroxylation sites is 1. The summed E-state index contributed by atoms with van der Waals surface area (Å²) in [7, 11) is 0. The predicted octanol–water partition coefficient (Wildman–Crippen LogP) is 7.47. The number of hydrogen-bond acceptors (Lipinski definition) is 3. The number of benzene rings is 3. The van der Waals surface area contributed by atoms with Crippen LogP contribution in [0.3, 0.4) is 0 Å². The van der Waals surface area contributed by atoms with Crippen molar-refractivity contribution in [1.29, 1.82) is 0 Å². The number of anilines is 1. The Kier molecular flexibility index (Phi) is 8.20. The van der Waals surface area contributed by atoms with Gasteiger partial charge in [0.2, 0.25) is 0 Å². The Morgan fingerprint density at radius 2 is 1.64 bits per heavy atom. The predicted molar refractivity (Wildman–Crippen MR) is 141 cm³/mol. The fraction of sp³-hybridized carbons (Fsp3) is 0.100. The summed E-state index contributed by atoms with van der Waals surface area (Å²) < 4.78 is 0. The third-order valence-corrected chi connectivity index (χ3v) is 5.33. The minimum absolute atomic E-state index is 0.253. The molecule has 3 nitrogen and oxygen atoms in total. The molecule has 0 aliphatic carbocycles. The molecule has 33 heavy (non-hydrogen) atoms. The van der Waals surface area contributed by atoms with Crippen LogP contribution in [0.15, 0.2) is 126 Å². The smallest absolute Gasteiger partial charge is 0.120 e. The average Bonchev–Trinajstić information content (AvgIpc) is 2.85. The van der Waals surface area contributed by atoms with Gasteiger partial charge in [-0.3, -0.25) is 4.99 Å². The van der Waals surface area contributed by atoms with Gasteiger partial charge in [-0.15, -0.1) is 0 Å². The SMILES string of the molecule is C=CC(=C\C=C/C)/C(N=C)=C(\c1ccccc1)N(Cc1ccccc1O)c1ccc(C)cc1. The van der Waals surface area contributed by atoms with E-state index in [1.54, 1.807) is 12.1 Å². The first-order valence-corrected chi connectivity index (χ1v) is 10.9. The average molecular weight is 435 g/mol. The zero-order valence-electron chi connectivity index (χ0n) is 19.3. The molecule has 3 rings (SSSR count). The van der Waals surface area contributed by atoms with Crippen molar-refractivity contribution in [3.05, 3.63) is 138 Å². The van der Waals surface area contributed by atoms with Crippen molar-refractivity contribution < 1.29 is 5.11 Å². The van der Waals surface area contributed by atoms with E-state index in [4.69, 9.17) is 0 Å². The minimum Gasteiger partial charge on any atom is -0.508 e. The molecule has 0 heterocycles. The van der Waals surface area contributed by atoms with Crippen LogP contribution in [0.4, 0.5) is 5.69 Å². The van der Waals surface area contributed by atoms with Gasteiger partial charge in [0.05, 0.1) is 17.9 Å². The van der Waals surface area contributed by atoms with E-state index in [1.807, 2.05) is 61.5 Å². The highest BCUT2D eigenvalue weighted by Crippen LogP contribution is 2.35. The van der Waals surface area contributed by atoms with Gasteiger partial charge >= 0.3 is 0 Å². The van der Waals surface area contributed by atoms with E-state index >= 15 is 0 Å². The summed E-state index contributed by atoms with van der Waals surface area (Å²) in [6.45, 7) is 12.4. The minimum atomic E-state index is 0.253. The van der Waals surface area contributed by atoms with Crippen molar-refractivity contribution in [2.45, 2.75) is 20.4 Å². The number of aryl methyl sites for hydroxylation is 1. The van der Waals surface area contributed by atoms with Crippen molar-refractivity contribution in [3.8, 4) is 5.75 Å². The van der Waals surface area contributed by atoms with E-state index in [2.05, 4.69) is 66.5 Å². The van der Waals surface area contributed by atoms with Gasteiger partial charge in [-0.05, 0) is 38.8 Å². The lowest BCUT2D eigenvalue weighted by atomic mass is 10.0. The molecule has 3 aromatic rings. The van der Waals surface area contributed by atoms with Gasteiger partial charge in [0.25, 0.3) is 0 Å². The first-order chi connectivity index (χ1) is 16.1. The van der Waals surface area contributed by atoms with Gasteiger partial charge in [0.1, 0.15) is 5.75 Å². The molecule has 0 radical (unpaired) electrons. The zero-order valence-corrected chi connectivity index (χ0v) is 19.3. The van der Waals surface area contributed by atoms with Gasteiger partial charge in [0.15, 0.2) is 0 Å². The van der Waals surface area contributed by atoms with Crippen LogP contribution in [0.25, 0.3) is 5.70 Å². The second-order valence-corrected chi connectivity index (χ2v) is 7.62. The molecule has 166 valence electrons. The van der Waals surface area contributed by atoms with Gasteiger partial charge in [-0.1, -0.05) is 97.1 Å². The highest BCUT2D eigenvalue weighted by Gasteiger charge is 2.21. The number of rotatable bonds is 9. The Balaban J connectivity index is 2.34. The lowest BCUT2D eigenvalue weighted by Crippen LogP contribution is -2.23. The maximum absolute atomic E-state index is 10.6. The van der Waals surface area contributed by atoms with Gasteiger partial charge in [-0.2, -0.15) is 0 Å². The second kappa shape index (κ2) is 11.5. The molecule has 3 heteroatoms. The molecule has 0 unspecified atom stereocenters. The number of hydrogen-bond donors (Lipinski definition) is 1. The van der Waals surface area contributed by atoms with Crippen molar-refractivity contribution >= 4 is 18.1 Å². The Morgan fingerprint density at radius 1 is 0.970 bits per heavy atom. The second-order valence-electron chi connectivity index (χ2n) is 7.62. The third-order valence-electron chi connectivity index (χ3n) is 5.33. The summed E-state index contributed by atoms with van der Waals surface area (Å²) in [5.74, 6) is 0.253. The highest BCUT2D eigenvalue weighted by atomic mass is 16.3. The number of nitrogens with zero attached hydrogens (tertiary/aromatic N) is 2. The van der Waals surface area contributed by atoms with Crippen molar-refractivity contribution in [3.63, 3.8) is 0 Å². The van der Waals surface area contributed by atoms with Crippen LogP contribution in [0.1, 0.15) is 23.6 Å². The summed E-state index contributed by atoms with van der Waals surface area (Å²) in [6.07, 6.45) is 7.70. The van der Waals surface area contributed by atoms with Crippen LogP contribution in [-0.2, 0) is 6.54 Å². The molecule has 0 amide bonds. The molecule has 3 aromatic carbocycles. The molecule has 0 aliphatic heterocycles. The van der Waals surface area contributed by atoms with Crippen molar-refractivity contribution in [1.82, 2.24) is 0 Å². The van der Waals surface area contributed by atoms with E-state index in [0.717, 1.165) is 28.1 Å². The molecule has 0 aliphatic rings. The Bertz CT molecular complexity index is 1190. The number of allylic oxidation sites excluding steroid dienone is 4. The number of aromatic hydroxyl groups is 1. The van der Waals surface area contributed by atoms with Crippen LogP contribution < -0.4 is 4.90 Å². The quantitative estimate of drug-likeness (QED) is 0.280. The van der Waals surface area contributed by atoms with Crippen LogP contribution in [-0.4, -0.2) is 11.8 Å². The van der Waals surface area contributed by atoms with Crippen LogP contribution in [0, 0.1) is 6.92 Å². The number of phenols is 1. The van der Waals surface area contributed by atoms with E-state index < -0.39 is 0 Å². The molecule has 0 bridgehead atoms. The van der Waals surface area contributed by atoms with Gasteiger partial charge in [-0.25, -0.2) is 0 Å². The lowest BCUT2D eigenvalue weighted by Gasteiger charge is -2.30. The monoisotopic (exact) mass is 434 g/mol. The van der Waals surface area contributed by atoms with E-state index in [-0.39, 0.29) is 5.75 Å². The number of aliphatic imine (C=N–C) groups is 1. The molecule has 0 atom stereocenters. The Morgan fingerprint density at radius 3 is 2.24 bits per heavy atom. The first kappa shape index (κ1) is 23.6. The number of phenolic OH excluding ortho intramolecular Hbond substituents is 1. The molecule has 0 aromatic heterocycles. The molecular formula is C30H30N2O. The first-order valence-electron chi connectivity index (χ1n) is 10.9. The van der Waals surface area contributed by atoms with Crippen LogP contribution in [0.5, 0.6) is 5.75 Å². The summed E-state index contributed by atoms with van der Waals surface area (Å²) >= 11 is 0. The maximum Gasteiger partial charge on any atom is 0.120 e. The zero-order chi connectivity index (χ0) is 23.6. The molecule has 0 saturated heterocycles. The molecule has 1 N–H and O–H groups in total. The Hall–Kier alpha value is -4.11. The van der Waals surface area contributed by atoms with Gasteiger partial charge < -0.3 is 10.0 Å².